The molecule has 2 aliphatic rings. The number of fused-ring (bicyclic) bond motifs is 1. The Kier molecular flexibility index (Phi) is 3.98. The van der Waals surface area contributed by atoms with Crippen molar-refractivity contribution in [3.63, 3.8) is 0 Å². The minimum atomic E-state index is -0.332. The van der Waals surface area contributed by atoms with Gasteiger partial charge >= 0.3 is 0 Å². The monoisotopic (exact) mass is 384 g/mol. The number of anilines is 1. The van der Waals surface area contributed by atoms with E-state index >= 15 is 0 Å². The van der Waals surface area contributed by atoms with Gasteiger partial charge in [0.2, 0.25) is 5.91 Å². The largest absolute Gasteiger partial charge is 0.309 e. The summed E-state index contributed by atoms with van der Waals surface area (Å²) in [5, 5.41) is 1.58. The maximum Gasteiger partial charge on any atom is 0.261 e. The van der Waals surface area contributed by atoms with Crippen molar-refractivity contribution < 1.29 is 14.4 Å². The van der Waals surface area contributed by atoms with Crippen LogP contribution in [0, 0.1) is 0 Å². The molecule has 0 N–H and O–H groups in total. The van der Waals surface area contributed by atoms with Crippen molar-refractivity contribution >= 4 is 34.2 Å². The molecule has 5 rings (SSSR count). The van der Waals surface area contributed by atoms with E-state index in [4.69, 9.17) is 0 Å². The Hall–Kier alpha value is -3.47. The molecule has 3 amide bonds. The minimum absolute atomic E-state index is 0.0693. The van der Waals surface area contributed by atoms with Gasteiger partial charge in [0, 0.05) is 41.2 Å². The van der Waals surface area contributed by atoms with Crippen LogP contribution in [0.25, 0.3) is 10.8 Å². The quantitative estimate of drug-likeness (QED) is 0.646. The second kappa shape index (κ2) is 6.55. The predicted molar refractivity (Wildman–Crippen MR) is 111 cm³/mol. The summed E-state index contributed by atoms with van der Waals surface area (Å²) < 4.78 is 0. The highest BCUT2D eigenvalue weighted by atomic mass is 16.2. The van der Waals surface area contributed by atoms with Crippen LogP contribution >= 0.6 is 0 Å². The molecule has 1 unspecified atom stereocenters. The number of hydrogen-bond donors (Lipinski definition) is 0. The summed E-state index contributed by atoms with van der Waals surface area (Å²) in [5.74, 6) is -0.732. The van der Waals surface area contributed by atoms with E-state index in [0.717, 1.165) is 23.1 Å². The molecule has 3 aromatic rings. The molecular formula is C24H20N2O3. The molecule has 0 radical (unpaired) electrons. The van der Waals surface area contributed by atoms with Crippen LogP contribution < -0.4 is 4.90 Å². The predicted octanol–water partition coefficient (Wildman–Crippen LogP) is 3.80. The molecule has 0 fully saturated rings. The Balaban J connectivity index is 1.40. The van der Waals surface area contributed by atoms with Crippen molar-refractivity contribution in [1.29, 1.82) is 0 Å². The molecule has 2 heterocycles. The van der Waals surface area contributed by atoms with E-state index in [0.29, 0.717) is 16.5 Å². The second-order valence-corrected chi connectivity index (χ2v) is 7.67. The van der Waals surface area contributed by atoms with Crippen molar-refractivity contribution in [3.8, 4) is 0 Å². The lowest BCUT2D eigenvalue weighted by atomic mass is 9.94. The van der Waals surface area contributed by atoms with Gasteiger partial charge in [-0.2, -0.15) is 0 Å². The molecule has 0 bridgehead atoms. The number of nitrogens with zero attached hydrogens (tertiary/aromatic N) is 2. The summed E-state index contributed by atoms with van der Waals surface area (Å²) in [6.07, 6.45) is 0.924. The third-order valence-electron chi connectivity index (χ3n) is 5.88. The van der Waals surface area contributed by atoms with E-state index < -0.39 is 0 Å². The smallest absolute Gasteiger partial charge is 0.261 e. The Labute approximate surface area is 168 Å². The van der Waals surface area contributed by atoms with E-state index in [2.05, 4.69) is 0 Å². The van der Waals surface area contributed by atoms with Gasteiger partial charge in [0.25, 0.3) is 11.8 Å². The fourth-order valence-electron chi connectivity index (χ4n) is 4.56. The highest BCUT2D eigenvalue weighted by Crippen LogP contribution is 2.33. The molecular weight excluding hydrogens is 364 g/mol. The molecule has 3 aromatic carbocycles. The van der Waals surface area contributed by atoms with Crippen LogP contribution in [0.5, 0.6) is 0 Å². The lowest BCUT2D eigenvalue weighted by Crippen LogP contribution is -2.43. The summed E-state index contributed by atoms with van der Waals surface area (Å²) in [6, 6.07) is 18.9. The third kappa shape index (κ3) is 2.65. The van der Waals surface area contributed by atoms with Gasteiger partial charge < -0.3 is 4.90 Å². The molecule has 2 aliphatic heterocycles. The second-order valence-electron chi connectivity index (χ2n) is 7.67. The first kappa shape index (κ1) is 17.6. The zero-order chi connectivity index (χ0) is 20.1. The molecule has 0 saturated carbocycles. The first-order valence-corrected chi connectivity index (χ1v) is 9.84. The van der Waals surface area contributed by atoms with Crippen molar-refractivity contribution in [3.05, 3.63) is 77.4 Å². The van der Waals surface area contributed by atoms with E-state index in [-0.39, 0.29) is 36.7 Å². The van der Waals surface area contributed by atoms with Crippen LogP contribution in [0.3, 0.4) is 0 Å². The van der Waals surface area contributed by atoms with Crippen LogP contribution in [0.15, 0.2) is 60.7 Å². The van der Waals surface area contributed by atoms with Gasteiger partial charge in [0.1, 0.15) is 0 Å². The zero-order valence-corrected chi connectivity index (χ0v) is 16.1. The molecule has 0 aromatic heterocycles. The van der Waals surface area contributed by atoms with Gasteiger partial charge in [0.05, 0.1) is 0 Å². The van der Waals surface area contributed by atoms with Crippen LogP contribution in [0.2, 0.25) is 0 Å². The molecule has 5 heteroatoms. The molecule has 144 valence electrons. The Bertz CT molecular complexity index is 1130. The number of rotatable bonds is 3. The summed E-state index contributed by atoms with van der Waals surface area (Å²) >= 11 is 0. The number of amides is 3. The molecule has 1 atom stereocenters. The maximum atomic E-state index is 13.0. The summed E-state index contributed by atoms with van der Waals surface area (Å²) in [6.45, 7) is 2.10. The highest BCUT2D eigenvalue weighted by Gasteiger charge is 2.35. The van der Waals surface area contributed by atoms with E-state index in [1.807, 2.05) is 55.5 Å². The van der Waals surface area contributed by atoms with E-state index in [1.54, 1.807) is 17.0 Å². The summed E-state index contributed by atoms with van der Waals surface area (Å²) in [7, 11) is 0. The topological polar surface area (TPSA) is 57.7 Å². The Morgan fingerprint density at radius 1 is 0.931 bits per heavy atom. The van der Waals surface area contributed by atoms with E-state index in [1.165, 1.54) is 4.90 Å². The first-order chi connectivity index (χ1) is 14.1. The van der Waals surface area contributed by atoms with Crippen LogP contribution in [0.1, 0.15) is 39.6 Å². The average Bonchev–Trinajstić information content (AvgIpc) is 3.07. The number of benzene rings is 3. The van der Waals surface area contributed by atoms with Crippen molar-refractivity contribution in [2.45, 2.75) is 25.8 Å². The van der Waals surface area contributed by atoms with Gasteiger partial charge in [-0.1, -0.05) is 42.5 Å². The van der Waals surface area contributed by atoms with Gasteiger partial charge in [-0.25, -0.2) is 0 Å². The van der Waals surface area contributed by atoms with Crippen LogP contribution in [-0.2, 0) is 11.2 Å². The Morgan fingerprint density at radius 3 is 2.28 bits per heavy atom. The van der Waals surface area contributed by atoms with Crippen LogP contribution in [-0.4, -0.2) is 35.2 Å². The SMILES string of the molecule is CC1Cc2ccccc2N1C(=O)CCN1C(=O)c2cccc3cccc(c23)C1=O. The minimum Gasteiger partial charge on any atom is -0.309 e. The molecule has 0 saturated heterocycles. The third-order valence-corrected chi connectivity index (χ3v) is 5.88. The average molecular weight is 384 g/mol. The fourth-order valence-corrected chi connectivity index (χ4v) is 4.56. The van der Waals surface area contributed by atoms with Crippen molar-refractivity contribution in [2.75, 3.05) is 11.4 Å². The standard InChI is InChI=1S/C24H20N2O3/c1-15-14-17-6-2-3-11-20(17)26(15)21(27)12-13-25-23(28)18-9-4-7-16-8-5-10-19(22(16)18)24(25)29/h2-11,15H,12-14H2,1H3. The first-order valence-electron chi connectivity index (χ1n) is 9.84. The maximum absolute atomic E-state index is 13.0. The summed E-state index contributed by atoms with van der Waals surface area (Å²) in [4.78, 5) is 42.0. The van der Waals surface area contributed by atoms with Crippen molar-refractivity contribution in [2.24, 2.45) is 0 Å². The lowest BCUT2D eigenvalue weighted by molar-refractivity contribution is -0.119. The number of carbonyl (C=O) groups is 3. The lowest BCUT2D eigenvalue weighted by Gasteiger charge is -2.28. The van der Waals surface area contributed by atoms with Gasteiger partial charge in [0.15, 0.2) is 0 Å². The number of para-hydroxylation sites is 1. The Morgan fingerprint density at radius 2 is 1.59 bits per heavy atom. The zero-order valence-electron chi connectivity index (χ0n) is 16.1. The van der Waals surface area contributed by atoms with Gasteiger partial charge in [-0.15, -0.1) is 0 Å². The molecule has 5 nitrogen and oxygen atoms in total. The molecule has 0 spiro atoms. The van der Waals surface area contributed by atoms with Crippen LogP contribution in [0.4, 0.5) is 5.69 Å². The van der Waals surface area contributed by atoms with Gasteiger partial charge in [-0.05, 0) is 42.5 Å². The molecule has 29 heavy (non-hydrogen) atoms. The number of hydrogen-bond acceptors (Lipinski definition) is 3. The fraction of sp³-hybridized carbons (Fsp3) is 0.208. The summed E-state index contributed by atoms with van der Waals surface area (Å²) in [5.41, 5.74) is 3.12. The normalized spacial score (nSPS) is 17.8. The van der Waals surface area contributed by atoms with E-state index in [9.17, 15) is 14.4 Å². The molecule has 0 aliphatic carbocycles. The van der Waals surface area contributed by atoms with Gasteiger partial charge in [-0.3, -0.25) is 19.3 Å². The number of carbonyl (C=O) groups excluding carboxylic acids is 3. The number of imide groups is 1. The highest BCUT2D eigenvalue weighted by molar-refractivity contribution is 6.25. The van der Waals surface area contributed by atoms with Crippen molar-refractivity contribution in [1.82, 2.24) is 4.90 Å².